The van der Waals surface area contributed by atoms with E-state index in [0.29, 0.717) is 12.0 Å². The quantitative estimate of drug-likeness (QED) is 0.819. The average molecular weight is 231 g/mol. The molecule has 1 saturated heterocycles. The van der Waals surface area contributed by atoms with Gasteiger partial charge >= 0.3 is 0 Å². The van der Waals surface area contributed by atoms with Crippen LogP contribution in [-0.2, 0) is 6.42 Å². The molecule has 3 atom stereocenters. The number of rotatable bonds is 2. The smallest absolute Gasteiger partial charge is 0.0824 e. The summed E-state index contributed by atoms with van der Waals surface area (Å²) in [7, 11) is 0. The highest BCUT2D eigenvalue weighted by atomic mass is 16.3. The lowest BCUT2D eigenvalue weighted by Gasteiger charge is -2.27. The van der Waals surface area contributed by atoms with Gasteiger partial charge < -0.3 is 10.4 Å². The van der Waals surface area contributed by atoms with Crippen LogP contribution in [0.4, 0.5) is 0 Å². The zero-order valence-corrected chi connectivity index (χ0v) is 10.2. The number of aliphatic hydroxyl groups is 1. The molecule has 2 N–H and O–H groups in total. The van der Waals surface area contributed by atoms with Crippen LogP contribution in [0.5, 0.6) is 0 Å². The van der Waals surface area contributed by atoms with Crippen molar-refractivity contribution in [3.8, 4) is 0 Å². The second-order valence-electron chi connectivity index (χ2n) is 5.49. The number of hydrogen-bond donors (Lipinski definition) is 2. The maximum atomic E-state index is 10.3. The lowest BCUT2D eigenvalue weighted by molar-refractivity contribution is 0.108. The summed E-state index contributed by atoms with van der Waals surface area (Å²) < 4.78 is 0. The van der Waals surface area contributed by atoms with Crippen LogP contribution in [-0.4, -0.2) is 17.7 Å². The largest absolute Gasteiger partial charge is 0.388 e. The SMILES string of the molecule is OC1c2ccccc2CC1CC1CCCCN1. The van der Waals surface area contributed by atoms with Crippen LogP contribution in [0, 0.1) is 5.92 Å². The van der Waals surface area contributed by atoms with Gasteiger partial charge in [-0.25, -0.2) is 0 Å². The molecule has 1 aromatic rings. The Hall–Kier alpha value is -0.860. The van der Waals surface area contributed by atoms with E-state index < -0.39 is 0 Å². The van der Waals surface area contributed by atoms with Gasteiger partial charge in [-0.05, 0) is 49.3 Å². The van der Waals surface area contributed by atoms with Gasteiger partial charge in [-0.1, -0.05) is 30.7 Å². The fourth-order valence-electron chi connectivity index (χ4n) is 3.36. The number of aliphatic hydroxyl groups excluding tert-OH is 1. The summed E-state index contributed by atoms with van der Waals surface area (Å²) >= 11 is 0. The van der Waals surface area contributed by atoms with Crippen molar-refractivity contribution in [2.75, 3.05) is 6.54 Å². The molecule has 0 aromatic heterocycles. The van der Waals surface area contributed by atoms with Crippen molar-refractivity contribution < 1.29 is 5.11 Å². The van der Waals surface area contributed by atoms with Crippen molar-refractivity contribution in [1.29, 1.82) is 0 Å². The van der Waals surface area contributed by atoms with Crippen molar-refractivity contribution in [2.24, 2.45) is 5.92 Å². The number of nitrogens with one attached hydrogen (secondary N) is 1. The molecule has 2 aliphatic rings. The van der Waals surface area contributed by atoms with Gasteiger partial charge in [-0.15, -0.1) is 0 Å². The molecule has 2 heteroatoms. The van der Waals surface area contributed by atoms with Gasteiger partial charge in [0.1, 0.15) is 0 Å². The molecular weight excluding hydrogens is 210 g/mol. The zero-order valence-electron chi connectivity index (χ0n) is 10.2. The van der Waals surface area contributed by atoms with Gasteiger partial charge in [0.15, 0.2) is 0 Å². The first-order valence-electron chi connectivity index (χ1n) is 6.84. The molecule has 1 aromatic carbocycles. The van der Waals surface area contributed by atoms with E-state index >= 15 is 0 Å². The Labute approximate surface area is 103 Å². The lowest BCUT2D eigenvalue weighted by Crippen LogP contribution is -2.36. The monoisotopic (exact) mass is 231 g/mol. The van der Waals surface area contributed by atoms with E-state index in [1.165, 1.54) is 24.8 Å². The number of benzene rings is 1. The predicted molar refractivity (Wildman–Crippen MR) is 68.9 cm³/mol. The molecule has 0 amide bonds. The van der Waals surface area contributed by atoms with Crippen LogP contribution < -0.4 is 5.32 Å². The summed E-state index contributed by atoms with van der Waals surface area (Å²) in [6.07, 6.45) is 5.86. The van der Waals surface area contributed by atoms with Crippen LogP contribution in [0.3, 0.4) is 0 Å². The maximum absolute atomic E-state index is 10.3. The fraction of sp³-hybridized carbons (Fsp3) is 0.600. The van der Waals surface area contributed by atoms with Crippen LogP contribution in [0.15, 0.2) is 24.3 Å². The minimum Gasteiger partial charge on any atom is -0.388 e. The first-order valence-corrected chi connectivity index (χ1v) is 6.84. The Morgan fingerprint density at radius 3 is 2.88 bits per heavy atom. The minimum atomic E-state index is -0.241. The van der Waals surface area contributed by atoms with Crippen molar-refractivity contribution in [3.05, 3.63) is 35.4 Å². The topological polar surface area (TPSA) is 32.3 Å². The lowest BCUT2D eigenvalue weighted by atomic mass is 9.91. The molecule has 0 saturated carbocycles. The molecule has 3 unspecified atom stereocenters. The summed E-state index contributed by atoms with van der Waals surface area (Å²) in [6, 6.07) is 8.97. The van der Waals surface area contributed by atoms with E-state index in [2.05, 4.69) is 23.5 Å². The van der Waals surface area contributed by atoms with Crippen LogP contribution in [0.25, 0.3) is 0 Å². The average Bonchev–Trinajstić information content (AvgIpc) is 2.68. The van der Waals surface area contributed by atoms with Gasteiger partial charge in [0, 0.05) is 6.04 Å². The summed E-state index contributed by atoms with van der Waals surface area (Å²) in [6.45, 7) is 1.15. The molecule has 1 fully saturated rings. The zero-order chi connectivity index (χ0) is 11.7. The van der Waals surface area contributed by atoms with E-state index in [-0.39, 0.29) is 6.10 Å². The summed E-state index contributed by atoms with van der Waals surface area (Å²) in [5.41, 5.74) is 2.51. The molecule has 17 heavy (non-hydrogen) atoms. The van der Waals surface area contributed by atoms with E-state index in [1.807, 2.05) is 6.07 Å². The summed E-state index contributed by atoms with van der Waals surface area (Å²) in [5, 5.41) is 13.9. The Bertz CT molecular complexity index is 384. The van der Waals surface area contributed by atoms with Crippen LogP contribution in [0.2, 0.25) is 0 Å². The third-order valence-electron chi connectivity index (χ3n) is 4.30. The standard InChI is InChI=1S/C15H21NO/c17-15-12(10-13-6-3-4-8-16-13)9-11-5-1-2-7-14(11)15/h1-2,5,7,12-13,15-17H,3-4,6,8-10H2. The Balaban J connectivity index is 1.67. The molecule has 92 valence electrons. The van der Waals surface area contributed by atoms with E-state index in [9.17, 15) is 5.11 Å². The molecule has 2 nitrogen and oxygen atoms in total. The van der Waals surface area contributed by atoms with Crippen LogP contribution >= 0.6 is 0 Å². The number of fused-ring (bicyclic) bond motifs is 1. The number of piperidine rings is 1. The van der Waals surface area contributed by atoms with Gasteiger partial charge in [0.25, 0.3) is 0 Å². The minimum absolute atomic E-state index is 0.241. The maximum Gasteiger partial charge on any atom is 0.0824 e. The second kappa shape index (κ2) is 4.79. The third-order valence-corrected chi connectivity index (χ3v) is 4.30. The predicted octanol–water partition coefficient (Wildman–Crippen LogP) is 2.42. The molecule has 3 rings (SSSR count). The molecule has 0 bridgehead atoms. The fourth-order valence-corrected chi connectivity index (χ4v) is 3.36. The molecule has 1 aliphatic carbocycles. The van der Waals surface area contributed by atoms with E-state index in [1.54, 1.807) is 0 Å². The first kappa shape index (κ1) is 11.2. The molecule has 1 aliphatic heterocycles. The van der Waals surface area contributed by atoms with Gasteiger partial charge in [-0.2, -0.15) is 0 Å². The molecular formula is C15H21NO. The Kier molecular flexibility index (Phi) is 3.17. The Morgan fingerprint density at radius 2 is 2.12 bits per heavy atom. The highest BCUT2D eigenvalue weighted by Gasteiger charge is 2.32. The van der Waals surface area contributed by atoms with Crippen molar-refractivity contribution in [2.45, 2.75) is 44.2 Å². The highest BCUT2D eigenvalue weighted by molar-refractivity contribution is 5.34. The first-order chi connectivity index (χ1) is 8.34. The van der Waals surface area contributed by atoms with Gasteiger partial charge in [-0.3, -0.25) is 0 Å². The second-order valence-corrected chi connectivity index (χ2v) is 5.49. The summed E-state index contributed by atoms with van der Waals surface area (Å²) in [5.74, 6) is 0.419. The highest BCUT2D eigenvalue weighted by Crippen LogP contribution is 2.38. The van der Waals surface area contributed by atoms with Crippen molar-refractivity contribution >= 4 is 0 Å². The van der Waals surface area contributed by atoms with Gasteiger partial charge in [0.05, 0.1) is 6.10 Å². The van der Waals surface area contributed by atoms with Gasteiger partial charge in [0.2, 0.25) is 0 Å². The normalized spacial score (nSPS) is 32.4. The van der Waals surface area contributed by atoms with Crippen LogP contribution in [0.1, 0.15) is 42.9 Å². The Morgan fingerprint density at radius 1 is 1.24 bits per heavy atom. The molecule has 0 radical (unpaired) electrons. The van der Waals surface area contributed by atoms with E-state index in [4.69, 9.17) is 0 Å². The van der Waals surface area contributed by atoms with Crippen molar-refractivity contribution in [1.82, 2.24) is 5.32 Å². The van der Waals surface area contributed by atoms with Crippen molar-refractivity contribution in [3.63, 3.8) is 0 Å². The molecule has 0 spiro atoms. The number of hydrogen-bond acceptors (Lipinski definition) is 2. The third kappa shape index (κ3) is 2.24. The van der Waals surface area contributed by atoms with E-state index in [0.717, 1.165) is 24.9 Å². The molecule has 1 heterocycles. The summed E-state index contributed by atoms with van der Waals surface area (Å²) in [4.78, 5) is 0.